The first-order chi connectivity index (χ1) is 9.81. The lowest BCUT2D eigenvalue weighted by Crippen LogP contribution is -2.29. The highest BCUT2D eigenvalue weighted by Crippen LogP contribution is 2.28. The molecule has 0 saturated carbocycles. The van der Waals surface area contributed by atoms with Crippen molar-refractivity contribution in [3.63, 3.8) is 0 Å². The molecule has 120 valence electrons. The number of carboxylic acid groups (broad SMARTS) is 2. The number of carbonyl (C=O) groups excluding carboxylic acids is 1. The highest BCUT2D eigenvalue weighted by atomic mass is 16.6. The van der Waals surface area contributed by atoms with Gasteiger partial charge in [0.05, 0.1) is 12.0 Å². The highest BCUT2D eigenvalue weighted by Gasteiger charge is 2.32. The molecule has 0 aliphatic carbocycles. The van der Waals surface area contributed by atoms with E-state index in [2.05, 4.69) is 6.58 Å². The summed E-state index contributed by atoms with van der Waals surface area (Å²) in [6, 6.07) is 0. The minimum atomic E-state index is -1.02. The van der Waals surface area contributed by atoms with E-state index in [1.165, 1.54) is 0 Å². The van der Waals surface area contributed by atoms with Gasteiger partial charge in [-0.05, 0) is 26.2 Å². The molecule has 1 unspecified atom stereocenters. The van der Waals surface area contributed by atoms with Crippen molar-refractivity contribution in [3.8, 4) is 0 Å². The smallest absolute Gasteiger partial charge is 0.330 e. The molecule has 0 bridgehead atoms. The van der Waals surface area contributed by atoms with E-state index in [-0.39, 0.29) is 39.1 Å². The first-order valence-corrected chi connectivity index (χ1v) is 6.64. The number of carboxylic acids is 2. The Hall–Kier alpha value is -1.89. The molecule has 21 heavy (non-hydrogen) atoms. The van der Waals surface area contributed by atoms with Gasteiger partial charge in [-0.3, -0.25) is 9.59 Å². The molecule has 0 fully saturated rings. The molecule has 0 rings (SSSR count). The maximum atomic E-state index is 11.3. The van der Waals surface area contributed by atoms with E-state index in [4.69, 9.17) is 14.6 Å². The summed E-state index contributed by atoms with van der Waals surface area (Å²) in [5.74, 6) is -2.46. The Morgan fingerprint density at radius 2 is 1.81 bits per heavy atom. The Morgan fingerprint density at radius 3 is 2.33 bits per heavy atom. The zero-order valence-electron chi connectivity index (χ0n) is 12.2. The number of esters is 1. The fourth-order valence-corrected chi connectivity index (χ4v) is 1.63. The molecule has 0 heterocycles. The summed E-state index contributed by atoms with van der Waals surface area (Å²) in [5, 5.41) is 17.8. The molecule has 0 aliphatic rings. The minimum Gasteiger partial charge on any atom is -0.481 e. The zero-order valence-corrected chi connectivity index (χ0v) is 12.2. The molecule has 0 aliphatic heterocycles. The van der Waals surface area contributed by atoms with Crippen LogP contribution in [0.2, 0.25) is 0 Å². The van der Waals surface area contributed by atoms with Gasteiger partial charge in [0, 0.05) is 19.1 Å². The van der Waals surface area contributed by atoms with Crippen molar-refractivity contribution < 1.29 is 34.1 Å². The lowest BCUT2D eigenvalue weighted by molar-refractivity contribution is -0.150. The van der Waals surface area contributed by atoms with E-state index in [0.717, 1.165) is 6.08 Å². The van der Waals surface area contributed by atoms with Crippen molar-refractivity contribution in [1.29, 1.82) is 0 Å². The average molecular weight is 302 g/mol. The van der Waals surface area contributed by atoms with Gasteiger partial charge >= 0.3 is 17.9 Å². The summed E-state index contributed by atoms with van der Waals surface area (Å²) in [6.45, 7) is 5.26. The number of aliphatic carboxylic acids is 2. The largest absolute Gasteiger partial charge is 0.481 e. The van der Waals surface area contributed by atoms with E-state index < -0.39 is 23.3 Å². The normalized spacial score (nSPS) is 13.2. The molecular weight excluding hydrogens is 280 g/mol. The summed E-state index contributed by atoms with van der Waals surface area (Å²) in [7, 11) is 0. The van der Waals surface area contributed by atoms with Crippen LogP contribution in [-0.2, 0) is 23.9 Å². The van der Waals surface area contributed by atoms with Gasteiger partial charge in [0.2, 0.25) is 0 Å². The Labute approximate surface area is 123 Å². The van der Waals surface area contributed by atoms with Gasteiger partial charge in [-0.15, -0.1) is 0 Å². The van der Waals surface area contributed by atoms with Crippen molar-refractivity contribution >= 4 is 17.9 Å². The molecular formula is C14H22O7. The van der Waals surface area contributed by atoms with Gasteiger partial charge < -0.3 is 19.7 Å². The van der Waals surface area contributed by atoms with E-state index >= 15 is 0 Å². The van der Waals surface area contributed by atoms with E-state index in [9.17, 15) is 19.5 Å². The van der Waals surface area contributed by atoms with Gasteiger partial charge in [-0.1, -0.05) is 6.58 Å². The summed E-state index contributed by atoms with van der Waals surface area (Å²) in [6.07, 6.45) is 1.82. The molecule has 7 nitrogen and oxygen atoms in total. The van der Waals surface area contributed by atoms with Crippen LogP contribution in [0.5, 0.6) is 0 Å². The Kier molecular flexibility index (Phi) is 9.03. The Bertz CT molecular complexity index is 378. The van der Waals surface area contributed by atoms with Crippen LogP contribution in [0, 0.1) is 5.41 Å². The van der Waals surface area contributed by atoms with Gasteiger partial charge in [-0.2, -0.15) is 0 Å². The van der Waals surface area contributed by atoms with Crippen molar-refractivity contribution in [2.75, 3.05) is 19.8 Å². The van der Waals surface area contributed by atoms with Crippen LogP contribution >= 0.6 is 0 Å². The summed E-state index contributed by atoms with van der Waals surface area (Å²) in [5.41, 5.74) is -1.02. The second-order valence-electron chi connectivity index (χ2n) is 4.85. The summed E-state index contributed by atoms with van der Waals surface area (Å²) in [4.78, 5) is 32.5. The van der Waals surface area contributed by atoms with Crippen LogP contribution in [0.3, 0.4) is 0 Å². The molecule has 0 aromatic heterocycles. The summed E-state index contributed by atoms with van der Waals surface area (Å²) < 4.78 is 9.91. The molecule has 0 amide bonds. The van der Waals surface area contributed by atoms with Crippen LogP contribution in [0.25, 0.3) is 0 Å². The topological polar surface area (TPSA) is 110 Å². The predicted molar refractivity (Wildman–Crippen MR) is 73.8 cm³/mol. The lowest BCUT2D eigenvalue weighted by atomic mass is 9.82. The number of rotatable bonds is 12. The first kappa shape index (κ1) is 19.1. The second kappa shape index (κ2) is 9.93. The van der Waals surface area contributed by atoms with Gasteiger partial charge in [0.25, 0.3) is 0 Å². The van der Waals surface area contributed by atoms with Crippen LogP contribution in [0.1, 0.15) is 32.6 Å². The fraction of sp³-hybridized carbons (Fsp3) is 0.643. The van der Waals surface area contributed by atoms with Gasteiger partial charge in [0.1, 0.15) is 6.61 Å². The monoisotopic (exact) mass is 302 g/mol. The van der Waals surface area contributed by atoms with E-state index in [0.29, 0.717) is 6.42 Å². The Morgan fingerprint density at radius 1 is 1.14 bits per heavy atom. The number of hydrogen-bond acceptors (Lipinski definition) is 5. The number of carbonyl (C=O) groups is 3. The van der Waals surface area contributed by atoms with E-state index in [1.807, 2.05) is 0 Å². The van der Waals surface area contributed by atoms with Gasteiger partial charge in [0.15, 0.2) is 0 Å². The molecule has 0 saturated heterocycles. The number of hydrogen-bond donors (Lipinski definition) is 2. The molecule has 0 aromatic carbocycles. The van der Waals surface area contributed by atoms with Crippen LogP contribution < -0.4 is 0 Å². The van der Waals surface area contributed by atoms with Crippen LogP contribution in [0.4, 0.5) is 0 Å². The SMILES string of the molecule is C=CC(=O)OCCOCCC(C)(CCCC(=O)O)C(=O)O. The third kappa shape index (κ3) is 8.80. The highest BCUT2D eigenvalue weighted by molar-refractivity contribution is 5.81. The fourth-order valence-electron chi connectivity index (χ4n) is 1.63. The quantitative estimate of drug-likeness (QED) is 0.319. The molecule has 1 atom stereocenters. The molecule has 2 N–H and O–H groups in total. The third-order valence-electron chi connectivity index (χ3n) is 3.07. The maximum Gasteiger partial charge on any atom is 0.330 e. The second-order valence-corrected chi connectivity index (χ2v) is 4.85. The third-order valence-corrected chi connectivity index (χ3v) is 3.07. The van der Waals surface area contributed by atoms with Crippen LogP contribution in [-0.4, -0.2) is 47.9 Å². The van der Waals surface area contributed by atoms with Crippen LogP contribution in [0.15, 0.2) is 12.7 Å². The average Bonchev–Trinajstić information content (AvgIpc) is 2.41. The standard InChI is InChI=1S/C14H22O7/c1-3-12(17)21-10-9-20-8-7-14(2,13(18)19)6-4-5-11(15)16/h3H,1,4-10H2,2H3,(H,15,16)(H,18,19). The zero-order chi connectivity index (χ0) is 16.3. The minimum absolute atomic E-state index is 0.0543. The molecule has 0 aromatic rings. The molecule has 0 spiro atoms. The van der Waals surface area contributed by atoms with Crippen molar-refractivity contribution in [1.82, 2.24) is 0 Å². The molecule has 7 heteroatoms. The predicted octanol–water partition coefficient (Wildman–Crippen LogP) is 1.47. The van der Waals surface area contributed by atoms with Crippen molar-refractivity contribution in [2.24, 2.45) is 5.41 Å². The number of ether oxygens (including phenoxy) is 2. The van der Waals surface area contributed by atoms with Crippen molar-refractivity contribution in [2.45, 2.75) is 32.6 Å². The summed E-state index contributed by atoms with van der Waals surface area (Å²) >= 11 is 0. The van der Waals surface area contributed by atoms with E-state index in [1.54, 1.807) is 6.92 Å². The van der Waals surface area contributed by atoms with Gasteiger partial charge in [-0.25, -0.2) is 4.79 Å². The molecule has 0 radical (unpaired) electrons. The maximum absolute atomic E-state index is 11.3. The Balaban J connectivity index is 3.98. The van der Waals surface area contributed by atoms with Crippen molar-refractivity contribution in [3.05, 3.63) is 12.7 Å². The lowest BCUT2D eigenvalue weighted by Gasteiger charge is -2.24. The first-order valence-electron chi connectivity index (χ1n) is 6.64.